The quantitative estimate of drug-likeness (QED) is 0.247. The summed E-state index contributed by atoms with van der Waals surface area (Å²) in [5.74, 6) is -1.32. The lowest BCUT2D eigenvalue weighted by Gasteiger charge is -2.44. The highest BCUT2D eigenvalue weighted by atomic mass is 16.6. The molecule has 9 nitrogen and oxygen atoms in total. The minimum atomic E-state index is -1.05. The van der Waals surface area contributed by atoms with Crippen molar-refractivity contribution in [3.63, 3.8) is 0 Å². The average molecular weight is 650 g/mol. The van der Waals surface area contributed by atoms with E-state index in [1.165, 1.54) is 0 Å². The number of ether oxygens (including phenoxy) is 2. The summed E-state index contributed by atoms with van der Waals surface area (Å²) in [5, 5.41) is 5.83. The summed E-state index contributed by atoms with van der Waals surface area (Å²) in [5.41, 5.74) is 1.73. The first kappa shape index (κ1) is 37.6. The fraction of sp³-hybridized carbons (Fsp3) is 0.579. The average Bonchev–Trinajstić information content (AvgIpc) is 2.90. The molecule has 1 saturated carbocycles. The van der Waals surface area contributed by atoms with Crippen LogP contribution in [-0.4, -0.2) is 58.1 Å². The number of esters is 1. The Balaban J connectivity index is 2.11. The molecule has 3 unspecified atom stereocenters. The predicted octanol–water partition coefficient (Wildman–Crippen LogP) is 6.73. The van der Waals surface area contributed by atoms with E-state index in [4.69, 9.17) is 9.47 Å². The van der Waals surface area contributed by atoms with Crippen molar-refractivity contribution < 1.29 is 28.7 Å². The lowest BCUT2D eigenvalue weighted by molar-refractivity contribution is -0.159. The van der Waals surface area contributed by atoms with Crippen LogP contribution in [0.2, 0.25) is 0 Å². The van der Waals surface area contributed by atoms with E-state index in [-0.39, 0.29) is 24.3 Å². The number of benzene rings is 2. The number of carbonyl (C=O) groups is 4. The van der Waals surface area contributed by atoms with Crippen molar-refractivity contribution in [2.24, 2.45) is 5.92 Å². The second-order valence-electron chi connectivity index (χ2n) is 15.2. The summed E-state index contributed by atoms with van der Waals surface area (Å²) in [6, 6.07) is 12.0. The molecule has 47 heavy (non-hydrogen) atoms. The van der Waals surface area contributed by atoms with Gasteiger partial charge in [0.2, 0.25) is 11.8 Å². The van der Waals surface area contributed by atoms with Crippen LogP contribution in [0.3, 0.4) is 0 Å². The van der Waals surface area contributed by atoms with Crippen LogP contribution in [-0.2, 0) is 30.3 Å². The van der Waals surface area contributed by atoms with Crippen LogP contribution in [0, 0.1) is 19.8 Å². The van der Waals surface area contributed by atoms with Gasteiger partial charge < -0.3 is 25.0 Å². The summed E-state index contributed by atoms with van der Waals surface area (Å²) in [6.45, 7) is 18.5. The third-order valence-electron chi connectivity index (χ3n) is 8.05. The van der Waals surface area contributed by atoms with Crippen LogP contribution in [0.1, 0.15) is 109 Å². The van der Waals surface area contributed by atoms with Gasteiger partial charge in [-0.3, -0.25) is 9.59 Å². The first-order valence-corrected chi connectivity index (χ1v) is 16.8. The van der Waals surface area contributed by atoms with Gasteiger partial charge in [-0.15, -0.1) is 0 Å². The number of rotatable bonds is 12. The molecule has 0 saturated heterocycles. The van der Waals surface area contributed by atoms with Crippen molar-refractivity contribution in [3.05, 3.63) is 70.8 Å². The van der Waals surface area contributed by atoms with E-state index in [9.17, 15) is 19.2 Å². The Hall–Kier alpha value is -3.88. The van der Waals surface area contributed by atoms with Gasteiger partial charge >= 0.3 is 12.1 Å². The van der Waals surface area contributed by atoms with Gasteiger partial charge in [0.1, 0.15) is 29.3 Å². The van der Waals surface area contributed by atoms with E-state index in [1.807, 2.05) is 76.2 Å². The Bertz CT molecular complexity index is 1370. The SMILES string of the molecule is Cc1cccc(C)c1C(C(=O)NC(Cc1ccccc1)C(=O)OC(C)(C)C)N(C(=O)C(CC(C)C)NC(=O)OC(C)(C)C)C1CCC1. The standard InChI is InChI=1S/C38H55N3O6/c1-24(2)22-29(40-36(45)47-38(8,9)10)34(43)41(28-20-15-21-28)32(31-25(3)16-14-17-26(31)4)33(42)39-30(35(44)46-37(5,6)7)23-27-18-12-11-13-19-27/h11-14,16-19,24,28-30,32H,15,20-23H2,1-10H3,(H,39,42)(H,40,45). The van der Waals surface area contributed by atoms with Crippen LogP contribution < -0.4 is 10.6 Å². The number of nitrogens with one attached hydrogen (secondary N) is 2. The first-order valence-electron chi connectivity index (χ1n) is 16.8. The largest absolute Gasteiger partial charge is 0.458 e. The monoisotopic (exact) mass is 649 g/mol. The summed E-state index contributed by atoms with van der Waals surface area (Å²) in [4.78, 5) is 57.7. The maximum atomic E-state index is 14.7. The summed E-state index contributed by atoms with van der Waals surface area (Å²) in [6.07, 6.45) is 2.25. The second kappa shape index (κ2) is 15.8. The summed E-state index contributed by atoms with van der Waals surface area (Å²) < 4.78 is 11.3. The number of amides is 3. The van der Waals surface area contributed by atoms with Crippen LogP contribution in [0.15, 0.2) is 48.5 Å². The zero-order valence-electron chi connectivity index (χ0n) is 29.9. The van der Waals surface area contributed by atoms with Gasteiger partial charge in [-0.2, -0.15) is 0 Å². The molecule has 0 radical (unpaired) electrons. The number of hydrogen-bond donors (Lipinski definition) is 2. The molecule has 3 amide bonds. The van der Waals surface area contributed by atoms with Gasteiger partial charge in [0.05, 0.1) is 0 Å². The number of nitrogens with zero attached hydrogens (tertiary/aromatic N) is 1. The van der Waals surface area contributed by atoms with E-state index in [1.54, 1.807) is 46.4 Å². The maximum Gasteiger partial charge on any atom is 0.408 e. The molecule has 9 heteroatoms. The molecule has 3 atom stereocenters. The molecule has 3 rings (SSSR count). The predicted molar refractivity (Wildman–Crippen MR) is 184 cm³/mol. The minimum absolute atomic E-state index is 0.0667. The fourth-order valence-electron chi connectivity index (χ4n) is 5.83. The Labute approximate surface area is 281 Å². The van der Waals surface area contributed by atoms with Gasteiger partial charge in [-0.1, -0.05) is 62.4 Å². The smallest absolute Gasteiger partial charge is 0.408 e. The molecular weight excluding hydrogens is 594 g/mol. The van der Waals surface area contributed by atoms with E-state index in [0.717, 1.165) is 36.0 Å². The van der Waals surface area contributed by atoms with Crippen molar-refractivity contribution in [2.75, 3.05) is 0 Å². The van der Waals surface area contributed by atoms with Gasteiger partial charge in [-0.25, -0.2) is 9.59 Å². The third-order valence-corrected chi connectivity index (χ3v) is 8.05. The molecule has 0 bridgehead atoms. The molecule has 0 aliphatic heterocycles. The fourth-order valence-corrected chi connectivity index (χ4v) is 5.83. The second-order valence-corrected chi connectivity index (χ2v) is 15.2. The highest BCUT2D eigenvalue weighted by Gasteiger charge is 2.44. The van der Waals surface area contributed by atoms with Crippen molar-refractivity contribution >= 4 is 23.9 Å². The van der Waals surface area contributed by atoms with Gasteiger partial charge in [0.25, 0.3) is 0 Å². The molecule has 1 aliphatic rings. The Kier molecular flexibility index (Phi) is 12.6. The highest BCUT2D eigenvalue weighted by Crippen LogP contribution is 2.36. The minimum Gasteiger partial charge on any atom is -0.458 e. The van der Waals surface area contributed by atoms with Crippen LogP contribution in [0.25, 0.3) is 0 Å². The lowest BCUT2D eigenvalue weighted by atomic mass is 9.85. The van der Waals surface area contributed by atoms with Gasteiger partial charge in [0, 0.05) is 12.5 Å². The zero-order valence-corrected chi connectivity index (χ0v) is 29.9. The van der Waals surface area contributed by atoms with E-state index >= 15 is 0 Å². The van der Waals surface area contributed by atoms with Gasteiger partial charge in [0.15, 0.2) is 0 Å². The molecule has 258 valence electrons. The lowest BCUT2D eigenvalue weighted by Crippen LogP contribution is -2.59. The van der Waals surface area contributed by atoms with E-state index < -0.39 is 47.3 Å². The Morgan fingerprint density at radius 3 is 1.87 bits per heavy atom. The van der Waals surface area contributed by atoms with E-state index in [2.05, 4.69) is 10.6 Å². The maximum absolute atomic E-state index is 14.7. The molecule has 0 heterocycles. The molecule has 0 aromatic heterocycles. The van der Waals surface area contributed by atoms with Crippen LogP contribution in [0.5, 0.6) is 0 Å². The first-order chi connectivity index (χ1) is 21.9. The molecule has 2 aromatic rings. The van der Waals surface area contributed by atoms with Crippen molar-refractivity contribution in [3.8, 4) is 0 Å². The topological polar surface area (TPSA) is 114 Å². The summed E-state index contributed by atoms with van der Waals surface area (Å²) in [7, 11) is 0. The number of alkyl carbamates (subject to hydrolysis) is 1. The van der Waals surface area contributed by atoms with Crippen molar-refractivity contribution in [1.29, 1.82) is 0 Å². The van der Waals surface area contributed by atoms with E-state index in [0.29, 0.717) is 12.0 Å². The van der Waals surface area contributed by atoms with Crippen molar-refractivity contribution in [1.82, 2.24) is 15.5 Å². The summed E-state index contributed by atoms with van der Waals surface area (Å²) >= 11 is 0. The van der Waals surface area contributed by atoms with Crippen molar-refractivity contribution in [2.45, 2.75) is 137 Å². The molecule has 1 fully saturated rings. The Morgan fingerprint density at radius 2 is 1.38 bits per heavy atom. The molecule has 2 aromatic carbocycles. The molecule has 1 aliphatic carbocycles. The zero-order chi connectivity index (χ0) is 35.1. The molecule has 2 N–H and O–H groups in total. The number of carbonyl (C=O) groups excluding carboxylic acids is 4. The van der Waals surface area contributed by atoms with Crippen LogP contribution in [0.4, 0.5) is 4.79 Å². The van der Waals surface area contributed by atoms with Crippen LogP contribution >= 0.6 is 0 Å². The normalized spacial score (nSPS) is 15.6. The highest BCUT2D eigenvalue weighted by molar-refractivity contribution is 5.94. The third kappa shape index (κ3) is 11.1. The molecule has 0 spiro atoms. The molecular formula is C38H55N3O6. The Morgan fingerprint density at radius 1 is 0.809 bits per heavy atom. The van der Waals surface area contributed by atoms with Gasteiger partial charge in [-0.05, 0) is 109 Å². The number of hydrogen-bond acceptors (Lipinski definition) is 6. The number of aryl methyl sites for hydroxylation is 2.